The standard InChI is InChI=1S/C25H25NO5.C6H14N4O2/c1-2-29-24(25(27)28)17-18-11-13-19(14-12-18)30-16-15-26-20-7-3-5-9-22(20)31-23-10-6-4-8-21(23)26;7-4(5(11)12)2-1-3-10-6(8)9/h3-14,24H,2,15-17H2,1H3,(H,27,28);4H,1-3,7H2,(H,11,12)(H4,8,9,10)/t24-;/m1./s1. The Bertz CT molecular complexity index is 1320. The van der Waals surface area contributed by atoms with Crippen molar-refractivity contribution >= 4 is 29.3 Å². The molecule has 3 aromatic carbocycles. The number of para-hydroxylation sites is 4. The van der Waals surface area contributed by atoms with Gasteiger partial charge in [-0.1, -0.05) is 36.4 Å². The number of aliphatic imine (C=N–C) groups is 1. The van der Waals surface area contributed by atoms with E-state index in [4.69, 9.17) is 30.8 Å². The van der Waals surface area contributed by atoms with Gasteiger partial charge in [0.25, 0.3) is 0 Å². The summed E-state index contributed by atoms with van der Waals surface area (Å²) < 4.78 is 17.2. The molecule has 12 heteroatoms. The number of anilines is 2. The fourth-order valence-corrected chi connectivity index (χ4v) is 4.29. The van der Waals surface area contributed by atoms with Gasteiger partial charge in [0.1, 0.15) is 18.5 Å². The van der Waals surface area contributed by atoms with Crippen molar-refractivity contribution in [2.24, 2.45) is 16.5 Å². The van der Waals surface area contributed by atoms with Gasteiger partial charge in [-0.25, -0.2) is 4.79 Å². The van der Waals surface area contributed by atoms with Gasteiger partial charge in [0, 0.05) is 26.0 Å². The van der Waals surface area contributed by atoms with Crippen molar-refractivity contribution < 1.29 is 39.7 Å². The Morgan fingerprint density at radius 1 is 1.02 bits per heavy atom. The second-order valence-corrected chi connectivity index (χ2v) is 9.63. The third-order valence-electron chi connectivity index (χ3n) is 6.45. The number of carbonyl (C=O) groups excluding carboxylic acids is 1. The Hall–Kier alpha value is -4.81. The quantitative estimate of drug-likeness (QED) is 0.120. The van der Waals surface area contributed by atoms with Crippen LogP contribution < -0.4 is 36.7 Å². The largest absolute Gasteiger partial charge is 0.547 e. The SMILES string of the molecule is CCO[C@H](Cc1ccc(OCCN2c3ccccc3Oc3ccccc32)cc1)C(=O)[O-].NC(N)=NCCCC([NH3+])C(=O)O. The van der Waals surface area contributed by atoms with Crippen molar-refractivity contribution in [2.75, 3.05) is 31.2 Å². The molecule has 1 heterocycles. The minimum Gasteiger partial charge on any atom is -0.547 e. The Balaban J connectivity index is 0.000000359. The van der Waals surface area contributed by atoms with Gasteiger partial charge in [-0.05, 0) is 55.3 Å². The summed E-state index contributed by atoms with van der Waals surface area (Å²) in [4.78, 5) is 27.3. The lowest BCUT2D eigenvalue weighted by molar-refractivity contribution is -0.409. The molecule has 0 radical (unpaired) electrons. The summed E-state index contributed by atoms with van der Waals surface area (Å²) in [6, 6.07) is 22.7. The average Bonchev–Trinajstić information content (AvgIpc) is 2.99. The molecule has 3 aromatic rings. The van der Waals surface area contributed by atoms with Crippen molar-refractivity contribution in [2.45, 2.75) is 38.3 Å². The number of benzene rings is 3. The summed E-state index contributed by atoms with van der Waals surface area (Å²) in [5.41, 5.74) is 16.4. The normalized spacial score (nSPS) is 12.7. The molecule has 0 aliphatic carbocycles. The maximum Gasteiger partial charge on any atom is 0.362 e. The van der Waals surface area contributed by atoms with Crippen molar-refractivity contribution in [3.8, 4) is 17.2 Å². The summed E-state index contributed by atoms with van der Waals surface area (Å²) in [5.74, 6) is 0.309. The molecular weight excluding hydrogens is 554 g/mol. The lowest BCUT2D eigenvalue weighted by Crippen LogP contribution is -2.64. The second-order valence-electron chi connectivity index (χ2n) is 9.63. The molecule has 0 saturated carbocycles. The Labute approximate surface area is 250 Å². The van der Waals surface area contributed by atoms with E-state index < -0.39 is 24.1 Å². The summed E-state index contributed by atoms with van der Waals surface area (Å²) in [5, 5.41) is 19.6. The second kappa shape index (κ2) is 16.6. The fourth-order valence-electron chi connectivity index (χ4n) is 4.29. The van der Waals surface area contributed by atoms with Crippen LogP contribution in [0.2, 0.25) is 0 Å². The van der Waals surface area contributed by atoms with E-state index in [-0.39, 0.29) is 12.4 Å². The fraction of sp³-hybridized carbons (Fsp3) is 0.323. The first-order chi connectivity index (χ1) is 20.7. The van der Waals surface area contributed by atoms with Gasteiger partial charge < -0.3 is 51.3 Å². The highest BCUT2D eigenvalue weighted by molar-refractivity contribution is 5.78. The molecule has 2 atom stereocenters. The van der Waals surface area contributed by atoms with Gasteiger partial charge in [-0.2, -0.15) is 0 Å². The summed E-state index contributed by atoms with van der Waals surface area (Å²) in [6.07, 6.45) is 0.445. The highest BCUT2D eigenvalue weighted by Gasteiger charge is 2.23. The molecule has 230 valence electrons. The van der Waals surface area contributed by atoms with Gasteiger partial charge in [0.15, 0.2) is 23.5 Å². The molecule has 1 unspecified atom stereocenters. The molecule has 0 bridgehead atoms. The van der Waals surface area contributed by atoms with E-state index in [0.29, 0.717) is 39.1 Å². The Morgan fingerprint density at radius 2 is 1.63 bits per heavy atom. The number of nitrogens with two attached hydrogens (primary N) is 2. The van der Waals surface area contributed by atoms with Crippen LogP contribution in [0, 0.1) is 0 Å². The number of fused-ring (bicyclic) bond motifs is 2. The van der Waals surface area contributed by atoms with Crippen LogP contribution in [0.5, 0.6) is 17.2 Å². The van der Waals surface area contributed by atoms with Gasteiger partial charge in [-0.3, -0.25) is 4.99 Å². The zero-order valence-electron chi connectivity index (χ0n) is 24.2. The highest BCUT2D eigenvalue weighted by Crippen LogP contribution is 2.45. The number of carboxylic acids is 2. The number of carboxylic acid groups (broad SMARTS) is 2. The summed E-state index contributed by atoms with van der Waals surface area (Å²) in [7, 11) is 0. The molecule has 0 saturated heterocycles. The molecule has 43 heavy (non-hydrogen) atoms. The van der Waals surface area contributed by atoms with E-state index >= 15 is 0 Å². The Kier molecular flexibility index (Phi) is 12.6. The van der Waals surface area contributed by atoms with Crippen molar-refractivity contribution in [3.05, 3.63) is 78.4 Å². The molecular formula is C31H39N5O7. The van der Waals surface area contributed by atoms with E-state index in [0.717, 1.165) is 34.2 Å². The number of rotatable bonds is 14. The highest BCUT2D eigenvalue weighted by atomic mass is 16.5. The third kappa shape index (κ3) is 10.2. The van der Waals surface area contributed by atoms with Crippen LogP contribution in [0.1, 0.15) is 25.3 Å². The summed E-state index contributed by atoms with van der Waals surface area (Å²) in [6.45, 7) is 3.67. The van der Waals surface area contributed by atoms with Gasteiger partial charge in [-0.15, -0.1) is 0 Å². The number of carbonyl (C=O) groups is 2. The zero-order valence-corrected chi connectivity index (χ0v) is 24.2. The van der Waals surface area contributed by atoms with Gasteiger partial charge in [0.2, 0.25) is 0 Å². The van der Waals surface area contributed by atoms with Crippen LogP contribution in [-0.2, 0) is 20.7 Å². The number of ether oxygens (including phenoxy) is 3. The van der Waals surface area contributed by atoms with Gasteiger partial charge >= 0.3 is 5.97 Å². The molecule has 1 aliphatic heterocycles. The van der Waals surface area contributed by atoms with Crippen LogP contribution in [0.25, 0.3) is 0 Å². The molecule has 4 rings (SSSR count). The van der Waals surface area contributed by atoms with E-state index in [1.807, 2.05) is 72.8 Å². The smallest absolute Gasteiger partial charge is 0.362 e. The predicted molar refractivity (Wildman–Crippen MR) is 160 cm³/mol. The molecule has 8 N–H and O–H groups in total. The minimum atomic E-state index is -1.20. The molecule has 0 amide bonds. The van der Waals surface area contributed by atoms with Crippen molar-refractivity contribution in [1.82, 2.24) is 0 Å². The van der Waals surface area contributed by atoms with Crippen LogP contribution in [0.15, 0.2) is 77.8 Å². The predicted octanol–water partition coefficient (Wildman–Crippen LogP) is 1.44. The zero-order chi connectivity index (χ0) is 31.2. The molecule has 0 aromatic heterocycles. The lowest BCUT2D eigenvalue weighted by atomic mass is 10.1. The minimum absolute atomic E-state index is 0.0333. The van der Waals surface area contributed by atoms with Crippen molar-refractivity contribution in [3.63, 3.8) is 0 Å². The molecule has 1 aliphatic rings. The molecule has 12 nitrogen and oxygen atoms in total. The maximum absolute atomic E-state index is 11.2. The number of quaternary nitrogens is 1. The Morgan fingerprint density at radius 3 is 2.16 bits per heavy atom. The third-order valence-corrected chi connectivity index (χ3v) is 6.45. The lowest BCUT2D eigenvalue weighted by Gasteiger charge is -2.32. The van der Waals surface area contributed by atoms with E-state index in [1.165, 1.54) is 0 Å². The molecule has 0 spiro atoms. The first-order valence-electron chi connectivity index (χ1n) is 14.0. The van der Waals surface area contributed by atoms with E-state index in [1.54, 1.807) is 6.92 Å². The van der Waals surface area contributed by atoms with Crippen LogP contribution in [0.4, 0.5) is 11.4 Å². The molecule has 0 fully saturated rings. The maximum atomic E-state index is 11.2. The number of nitrogens with zero attached hydrogens (tertiary/aromatic N) is 2. The monoisotopic (exact) mass is 593 g/mol. The number of guanidine groups is 1. The first-order valence-corrected chi connectivity index (χ1v) is 14.0. The van der Waals surface area contributed by atoms with Crippen molar-refractivity contribution in [1.29, 1.82) is 0 Å². The topological polar surface area (TPSA) is 200 Å². The first kappa shape index (κ1) is 32.7. The van der Waals surface area contributed by atoms with E-state index in [9.17, 15) is 14.7 Å². The van der Waals surface area contributed by atoms with Gasteiger partial charge in [0.05, 0.1) is 23.9 Å². The van der Waals surface area contributed by atoms with Crippen LogP contribution in [-0.4, -0.2) is 61.5 Å². The number of aliphatic carboxylic acids is 2. The van der Waals surface area contributed by atoms with E-state index in [2.05, 4.69) is 15.6 Å². The van der Waals surface area contributed by atoms with Crippen LogP contribution in [0.3, 0.4) is 0 Å². The summed E-state index contributed by atoms with van der Waals surface area (Å²) >= 11 is 0. The average molecular weight is 594 g/mol. The number of hydrogen-bond acceptors (Lipinski definition) is 8. The van der Waals surface area contributed by atoms with Crippen LogP contribution >= 0.6 is 0 Å². The number of hydrogen-bond donors (Lipinski definition) is 4.